The maximum Gasteiger partial charge on any atom is 0.0528 e. The highest BCUT2D eigenvalue weighted by Gasteiger charge is 2.25. The second-order valence-corrected chi connectivity index (χ2v) is 5.12. The molecule has 1 nitrogen and oxygen atoms in total. The Morgan fingerprint density at radius 3 is 2.47 bits per heavy atom. The van der Waals surface area contributed by atoms with Crippen LogP contribution in [0.25, 0.3) is 11.1 Å². The lowest BCUT2D eigenvalue weighted by Crippen LogP contribution is -1.93. The summed E-state index contributed by atoms with van der Waals surface area (Å²) in [5.74, 6) is 0. The number of hydrogen-bond acceptors (Lipinski definition) is 1. The first-order valence-corrected chi connectivity index (χ1v) is 6.14. The van der Waals surface area contributed by atoms with E-state index in [1.807, 2.05) is 6.20 Å². The van der Waals surface area contributed by atoms with Crippen LogP contribution < -0.4 is 0 Å². The molecule has 3 rings (SSSR count). The standard InChI is InChI=1S/C16H17N/c1-9-5-6-17-14-8-13-12(4)10(2)7-11(3)15(13)16(9)14/h5-7H,8H2,1-4H3. The molecular formula is C16H17N. The van der Waals surface area contributed by atoms with Crippen LogP contribution in [0.2, 0.25) is 0 Å². The van der Waals surface area contributed by atoms with Gasteiger partial charge in [0.15, 0.2) is 0 Å². The number of aryl methyl sites for hydroxylation is 3. The minimum absolute atomic E-state index is 1.00. The van der Waals surface area contributed by atoms with Crippen molar-refractivity contribution in [3.63, 3.8) is 0 Å². The van der Waals surface area contributed by atoms with Crippen molar-refractivity contribution in [1.82, 2.24) is 4.98 Å². The van der Waals surface area contributed by atoms with E-state index in [-0.39, 0.29) is 0 Å². The molecule has 0 unspecified atom stereocenters. The number of nitrogens with zero attached hydrogens (tertiary/aromatic N) is 1. The molecule has 0 amide bonds. The van der Waals surface area contributed by atoms with Gasteiger partial charge in [-0.25, -0.2) is 0 Å². The highest BCUT2D eigenvalue weighted by atomic mass is 14.7. The third-order valence-electron chi connectivity index (χ3n) is 4.01. The topological polar surface area (TPSA) is 12.9 Å². The van der Waals surface area contributed by atoms with Crippen molar-refractivity contribution in [3.8, 4) is 11.1 Å². The zero-order valence-electron chi connectivity index (χ0n) is 10.9. The smallest absolute Gasteiger partial charge is 0.0528 e. The van der Waals surface area contributed by atoms with Crippen LogP contribution in [0.3, 0.4) is 0 Å². The zero-order valence-corrected chi connectivity index (χ0v) is 10.9. The summed E-state index contributed by atoms with van der Waals surface area (Å²) in [5, 5.41) is 0. The van der Waals surface area contributed by atoms with Crippen LogP contribution in [-0.4, -0.2) is 4.98 Å². The SMILES string of the molecule is Cc1cc(C)c2c(c1C)Cc1nccc(C)c1-2. The van der Waals surface area contributed by atoms with E-state index in [0.717, 1.165) is 6.42 Å². The average Bonchev–Trinajstić information content (AvgIpc) is 2.67. The van der Waals surface area contributed by atoms with Crippen LogP contribution in [0.4, 0.5) is 0 Å². The van der Waals surface area contributed by atoms with Crippen molar-refractivity contribution in [2.45, 2.75) is 34.1 Å². The molecule has 0 atom stereocenters. The molecule has 0 spiro atoms. The lowest BCUT2D eigenvalue weighted by Gasteiger charge is -2.12. The Hall–Kier alpha value is -1.63. The molecular weight excluding hydrogens is 206 g/mol. The Bertz CT molecular complexity index is 624. The number of fused-ring (bicyclic) bond motifs is 3. The van der Waals surface area contributed by atoms with Gasteiger partial charge < -0.3 is 0 Å². The van der Waals surface area contributed by atoms with E-state index in [2.05, 4.69) is 44.8 Å². The normalized spacial score (nSPS) is 12.5. The molecule has 1 aromatic carbocycles. The van der Waals surface area contributed by atoms with E-state index in [0.29, 0.717) is 0 Å². The van der Waals surface area contributed by atoms with Gasteiger partial charge in [-0.2, -0.15) is 0 Å². The van der Waals surface area contributed by atoms with Crippen molar-refractivity contribution in [1.29, 1.82) is 0 Å². The first-order valence-electron chi connectivity index (χ1n) is 6.14. The maximum atomic E-state index is 4.55. The van der Waals surface area contributed by atoms with Crippen LogP contribution in [0.1, 0.15) is 33.5 Å². The van der Waals surface area contributed by atoms with Crippen molar-refractivity contribution in [3.05, 3.63) is 51.8 Å². The fraction of sp³-hybridized carbons (Fsp3) is 0.312. The van der Waals surface area contributed by atoms with E-state index in [4.69, 9.17) is 0 Å². The summed E-state index contributed by atoms with van der Waals surface area (Å²) in [6.45, 7) is 8.83. The van der Waals surface area contributed by atoms with Gasteiger partial charge in [0.05, 0.1) is 5.69 Å². The van der Waals surface area contributed by atoms with Crippen LogP contribution in [0, 0.1) is 27.7 Å². The molecule has 0 N–H and O–H groups in total. The van der Waals surface area contributed by atoms with Gasteiger partial charge in [-0.05, 0) is 67.1 Å². The Balaban J connectivity index is 2.40. The highest BCUT2D eigenvalue weighted by molar-refractivity contribution is 5.82. The van der Waals surface area contributed by atoms with E-state index in [1.54, 1.807) is 0 Å². The first-order chi connectivity index (χ1) is 8.09. The molecule has 1 aromatic heterocycles. The minimum atomic E-state index is 1.00. The maximum absolute atomic E-state index is 4.55. The van der Waals surface area contributed by atoms with Gasteiger partial charge in [0.25, 0.3) is 0 Å². The second kappa shape index (κ2) is 3.43. The summed E-state index contributed by atoms with van der Waals surface area (Å²) in [6.07, 6.45) is 2.93. The third kappa shape index (κ3) is 1.35. The summed E-state index contributed by atoms with van der Waals surface area (Å²) in [4.78, 5) is 4.55. The van der Waals surface area contributed by atoms with Gasteiger partial charge >= 0.3 is 0 Å². The van der Waals surface area contributed by atoms with E-state index >= 15 is 0 Å². The number of pyridine rings is 1. The highest BCUT2D eigenvalue weighted by Crippen LogP contribution is 2.42. The Morgan fingerprint density at radius 2 is 1.71 bits per heavy atom. The molecule has 1 aliphatic rings. The lowest BCUT2D eigenvalue weighted by atomic mass is 9.92. The number of rotatable bonds is 0. The van der Waals surface area contributed by atoms with E-state index in [9.17, 15) is 0 Å². The summed E-state index contributed by atoms with van der Waals surface area (Å²) in [7, 11) is 0. The molecule has 1 aliphatic carbocycles. The Labute approximate surface area is 103 Å². The molecule has 0 bridgehead atoms. The summed E-state index contributed by atoms with van der Waals surface area (Å²) < 4.78 is 0. The molecule has 1 heteroatoms. The summed E-state index contributed by atoms with van der Waals surface area (Å²) >= 11 is 0. The number of aromatic nitrogens is 1. The molecule has 86 valence electrons. The fourth-order valence-electron chi connectivity index (χ4n) is 3.00. The summed E-state index contributed by atoms with van der Waals surface area (Å²) in [6, 6.07) is 4.41. The summed E-state index contributed by atoms with van der Waals surface area (Å²) in [5.41, 5.74) is 11.1. The predicted octanol–water partition coefficient (Wildman–Crippen LogP) is 3.89. The van der Waals surface area contributed by atoms with Crippen LogP contribution in [0.15, 0.2) is 18.3 Å². The van der Waals surface area contributed by atoms with Gasteiger partial charge in [0.2, 0.25) is 0 Å². The van der Waals surface area contributed by atoms with E-state index < -0.39 is 0 Å². The number of benzene rings is 1. The fourth-order valence-corrected chi connectivity index (χ4v) is 3.00. The van der Waals surface area contributed by atoms with Gasteiger partial charge in [-0.3, -0.25) is 4.98 Å². The molecule has 0 saturated heterocycles. The Morgan fingerprint density at radius 1 is 0.941 bits per heavy atom. The predicted molar refractivity (Wildman–Crippen MR) is 71.4 cm³/mol. The average molecular weight is 223 g/mol. The van der Waals surface area contributed by atoms with Crippen LogP contribution >= 0.6 is 0 Å². The van der Waals surface area contributed by atoms with Crippen LogP contribution in [0.5, 0.6) is 0 Å². The molecule has 0 aliphatic heterocycles. The van der Waals surface area contributed by atoms with Gasteiger partial charge in [-0.15, -0.1) is 0 Å². The monoisotopic (exact) mass is 223 g/mol. The van der Waals surface area contributed by atoms with Crippen molar-refractivity contribution in [2.24, 2.45) is 0 Å². The molecule has 1 heterocycles. The van der Waals surface area contributed by atoms with Gasteiger partial charge in [-0.1, -0.05) is 6.07 Å². The molecule has 0 saturated carbocycles. The van der Waals surface area contributed by atoms with Gasteiger partial charge in [0, 0.05) is 18.2 Å². The van der Waals surface area contributed by atoms with Crippen molar-refractivity contribution >= 4 is 0 Å². The van der Waals surface area contributed by atoms with Crippen molar-refractivity contribution in [2.75, 3.05) is 0 Å². The zero-order chi connectivity index (χ0) is 12.2. The number of hydrogen-bond donors (Lipinski definition) is 0. The largest absolute Gasteiger partial charge is 0.260 e. The third-order valence-corrected chi connectivity index (χ3v) is 4.01. The van der Waals surface area contributed by atoms with Crippen LogP contribution in [-0.2, 0) is 6.42 Å². The van der Waals surface area contributed by atoms with E-state index in [1.165, 1.54) is 44.6 Å². The minimum Gasteiger partial charge on any atom is -0.260 e. The second-order valence-electron chi connectivity index (χ2n) is 5.12. The molecule has 0 radical (unpaired) electrons. The Kier molecular flexibility index (Phi) is 2.12. The van der Waals surface area contributed by atoms with Gasteiger partial charge in [0.1, 0.15) is 0 Å². The quantitative estimate of drug-likeness (QED) is 0.563. The van der Waals surface area contributed by atoms with Crippen molar-refractivity contribution < 1.29 is 0 Å². The molecule has 2 aromatic rings. The first kappa shape index (κ1) is 10.5. The molecule has 0 fully saturated rings. The molecule has 17 heavy (non-hydrogen) atoms. The lowest BCUT2D eigenvalue weighted by molar-refractivity contribution is 1.09.